The molecule has 22 heavy (non-hydrogen) atoms. The van der Waals surface area contributed by atoms with Crippen LogP contribution < -0.4 is 16.0 Å². The maximum atomic E-state index is 12.2. The molecule has 4 N–H and O–H groups in total. The van der Waals surface area contributed by atoms with E-state index in [0.29, 0.717) is 17.9 Å². The fourth-order valence-electron chi connectivity index (χ4n) is 2.34. The number of pyridine rings is 1. The Kier molecular flexibility index (Phi) is 3.62. The van der Waals surface area contributed by atoms with Gasteiger partial charge in [-0.25, -0.2) is 0 Å². The molecular formula is C17H15N3O2. The number of nitrogen functional groups attached to an aromatic ring is 1. The van der Waals surface area contributed by atoms with Crippen LogP contribution in [0.5, 0.6) is 5.75 Å². The predicted octanol–water partition coefficient (Wildman–Crippen LogP) is 2.39. The van der Waals surface area contributed by atoms with Gasteiger partial charge in [-0.3, -0.25) is 10.2 Å². The molecule has 0 aliphatic rings. The lowest BCUT2D eigenvalue weighted by Crippen LogP contribution is -2.25. The van der Waals surface area contributed by atoms with Crippen molar-refractivity contribution in [3.05, 3.63) is 76.1 Å². The summed E-state index contributed by atoms with van der Waals surface area (Å²) in [5, 5.41) is 8.38. The second-order valence-corrected chi connectivity index (χ2v) is 4.89. The van der Waals surface area contributed by atoms with Gasteiger partial charge in [-0.2, -0.15) is 0 Å². The SMILES string of the molecule is N=C(N)c1c(OCc2ccccc2)c2ccccc2[nH]c1=O. The highest BCUT2D eigenvalue weighted by atomic mass is 16.5. The Hall–Kier alpha value is -3.08. The lowest BCUT2D eigenvalue weighted by molar-refractivity contribution is 0.309. The first-order valence-electron chi connectivity index (χ1n) is 6.83. The van der Waals surface area contributed by atoms with Crippen LogP contribution >= 0.6 is 0 Å². The van der Waals surface area contributed by atoms with Gasteiger partial charge >= 0.3 is 0 Å². The van der Waals surface area contributed by atoms with Crippen molar-refractivity contribution in [1.29, 1.82) is 5.41 Å². The fourth-order valence-corrected chi connectivity index (χ4v) is 2.34. The minimum absolute atomic E-state index is 0.0645. The Labute approximate surface area is 126 Å². The normalized spacial score (nSPS) is 10.5. The van der Waals surface area contributed by atoms with Crippen LogP contribution in [-0.2, 0) is 6.61 Å². The number of amidine groups is 1. The Bertz CT molecular complexity index is 885. The van der Waals surface area contributed by atoms with Gasteiger partial charge in [0.25, 0.3) is 5.56 Å². The molecular weight excluding hydrogens is 278 g/mol. The summed E-state index contributed by atoms with van der Waals surface area (Å²) < 4.78 is 5.84. The molecule has 3 aromatic rings. The van der Waals surface area contributed by atoms with Crippen LogP contribution in [-0.4, -0.2) is 10.8 Å². The van der Waals surface area contributed by atoms with Crippen LogP contribution in [0.3, 0.4) is 0 Å². The van der Waals surface area contributed by atoms with E-state index in [2.05, 4.69) is 4.98 Å². The Morgan fingerprint density at radius 2 is 1.77 bits per heavy atom. The maximum absolute atomic E-state index is 12.2. The van der Waals surface area contributed by atoms with Gasteiger partial charge in [0.15, 0.2) is 0 Å². The quantitative estimate of drug-likeness (QED) is 0.509. The highest BCUT2D eigenvalue weighted by Gasteiger charge is 2.16. The van der Waals surface area contributed by atoms with E-state index in [-0.39, 0.29) is 11.4 Å². The number of nitrogens with one attached hydrogen (secondary N) is 2. The molecule has 0 atom stereocenters. The molecule has 0 radical (unpaired) electrons. The summed E-state index contributed by atoms with van der Waals surface area (Å²) in [6, 6.07) is 16.9. The van der Waals surface area contributed by atoms with Crippen LogP contribution in [0.4, 0.5) is 0 Å². The summed E-state index contributed by atoms with van der Waals surface area (Å²) in [5.41, 5.74) is 6.83. The Morgan fingerprint density at radius 3 is 2.50 bits per heavy atom. The average molecular weight is 293 g/mol. The van der Waals surface area contributed by atoms with Crippen LogP contribution in [0.1, 0.15) is 11.1 Å². The van der Waals surface area contributed by atoms with E-state index in [1.54, 1.807) is 6.07 Å². The van der Waals surface area contributed by atoms with Crippen molar-refractivity contribution in [2.24, 2.45) is 5.73 Å². The number of rotatable bonds is 4. The van der Waals surface area contributed by atoms with E-state index in [1.807, 2.05) is 48.5 Å². The summed E-state index contributed by atoms with van der Waals surface area (Å²) in [5.74, 6) is 0.0331. The highest BCUT2D eigenvalue weighted by molar-refractivity contribution is 6.02. The van der Waals surface area contributed by atoms with Gasteiger partial charge in [-0.15, -0.1) is 0 Å². The minimum atomic E-state index is -0.422. The minimum Gasteiger partial charge on any atom is -0.487 e. The third-order valence-corrected chi connectivity index (χ3v) is 3.37. The number of aromatic nitrogens is 1. The maximum Gasteiger partial charge on any atom is 0.263 e. The van der Waals surface area contributed by atoms with Gasteiger partial charge in [0, 0.05) is 5.39 Å². The first-order valence-corrected chi connectivity index (χ1v) is 6.83. The number of hydrogen-bond acceptors (Lipinski definition) is 3. The zero-order valence-corrected chi connectivity index (χ0v) is 11.8. The van der Waals surface area contributed by atoms with Crippen molar-refractivity contribution in [2.45, 2.75) is 6.61 Å². The summed E-state index contributed by atoms with van der Waals surface area (Å²) in [6.07, 6.45) is 0. The van der Waals surface area contributed by atoms with Crippen LogP contribution in [0.15, 0.2) is 59.4 Å². The molecule has 0 saturated carbocycles. The van der Waals surface area contributed by atoms with E-state index in [4.69, 9.17) is 15.9 Å². The predicted molar refractivity (Wildman–Crippen MR) is 86.4 cm³/mol. The summed E-state index contributed by atoms with van der Waals surface area (Å²) in [6.45, 7) is 0.300. The number of fused-ring (bicyclic) bond motifs is 1. The van der Waals surface area contributed by atoms with Gasteiger partial charge < -0.3 is 15.5 Å². The number of aromatic amines is 1. The first-order chi connectivity index (χ1) is 10.7. The fraction of sp³-hybridized carbons (Fsp3) is 0.0588. The molecule has 0 aliphatic carbocycles. The third kappa shape index (κ3) is 2.56. The summed E-state index contributed by atoms with van der Waals surface area (Å²) >= 11 is 0. The topological polar surface area (TPSA) is 92.0 Å². The lowest BCUT2D eigenvalue weighted by Gasteiger charge is -2.13. The standard InChI is InChI=1S/C17H15N3O2/c18-16(19)14-15(22-10-11-6-2-1-3-7-11)12-8-4-5-9-13(12)20-17(14)21/h1-9H,10H2,(H3,18,19)(H,20,21). The molecule has 5 heteroatoms. The van der Waals surface area contributed by atoms with Crippen molar-refractivity contribution in [2.75, 3.05) is 0 Å². The Balaban J connectivity index is 2.11. The van der Waals surface area contributed by atoms with E-state index in [1.165, 1.54) is 0 Å². The second kappa shape index (κ2) is 5.73. The largest absolute Gasteiger partial charge is 0.487 e. The van der Waals surface area contributed by atoms with E-state index >= 15 is 0 Å². The van der Waals surface area contributed by atoms with Gasteiger partial charge in [-0.05, 0) is 17.7 Å². The number of nitrogens with two attached hydrogens (primary N) is 1. The van der Waals surface area contributed by atoms with Crippen molar-refractivity contribution < 1.29 is 4.74 Å². The number of para-hydroxylation sites is 1. The van der Waals surface area contributed by atoms with E-state index < -0.39 is 5.56 Å². The number of benzene rings is 2. The van der Waals surface area contributed by atoms with Gasteiger partial charge in [0.2, 0.25) is 0 Å². The molecule has 1 aromatic heterocycles. The molecule has 1 heterocycles. The monoisotopic (exact) mass is 293 g/mol. The molecule has 0 amide bonds. The van der Waals surface area contributed by atoms with Crippen molar-refractivity contribution in [1.82, 2.24) is 4.98 Å². The van der Waals surface area contributed by atoms with Crippen molar-refractivity contribution in [3.8, 4) is 5.75 Å². The summed E-state index contributed by atoms with van der Waals surface area (Å²) in [4.78, 5) is 14.9. The van der Waals surface area contributed by atoms with E-state index in [0.717, 1.165) is 10.9 Å². The molecule has 0 bridgehead atoms. The van der Waals surface area contributed by atoms with Crippen LogP contribution in [0.2, 0.25) is 0 Å². The van der Waals surface area contributed by atoms with Crippen molar-refractivity contribution >= 4 is 16.7 Å². The first kappa shape index (κ1) is 13.9. The molecule has 5 nitrogen and oxygen atoms in total. The Morgan fingerprint density at radius 1 is 1.09 bits per heavy atom. The average Bonchev–Trinajstić information content (AvgIpc) is 2.52. The van der Waals surface area contributed by atoms with Gasteiger partial charge in [-0.1, -0.05) is 42.5 Å². The number of hydrogen-bond donors (Lipinski definition) is 3. The molecule has 0 saturated heterocycles. The lowest BCUT2D eigenvalue weighted by atomic mass is 10.1. The molecule has 110 valence electrons. The zero-order chi connectivity index (χ0) is 15.5. The molecule has 0 spiro atoms. The van der Waals surface area contributed by atoms with E-state index in [9.17, 15) is 4.79 Å². The number of ether oxygens (including phenoxy) is 1. The molecule has 0 aliphatic heterocycles. The highest BCUT2D eigenvalue weighted by Crippen LogP contribution is 2.26. The third-order valence-electron chi connectivity index (χ3n) is 3.37. The smallest absolute Gasteiger partial charge is 0.263 e. The molecule has 2 aromatic carbocycles. The molecule has 0 unspecified atom stereocenters. The second-order valence-electron chi connectivity index (χ2n) is 4.89. The zero-order valence-electron chi connectivity index (χ0n) is 11.8. The van der Waals surface area contributed by atoms with Crippen molar-refractivity contribution in [3.63, 3.8) is 0 Å². The van der Waals surface area contributed by atoms with Crippen LogP contribution in [0, 0.1) is 5.41 Å². The summed E-state index contributed by atoms with van der Waals surface area (Å²) in [7, 11) is 0. The van der Waals surface area contributed by atoms with Gasteiger partial charge in [0.1, 0.15) is 23.8 Å². The van der Waals surface area contributed by atoms with Gasteiger partial charge in [0.05, 0.1) is 5.52 Å². The molecule has 0 fully saturated rings. The van der Waals surface area contributed by atoms with Crippen LogP contribution in [0.25, 0.3) is 10.9 Å². The number of H-pyrrole nitrogens is 1. The molecule has 3 rings (SSSR count).